The lowest BCUT2D eigenvalue weighted by Crippen LogP contribution is -2.25. The van der Waals surface area contributed by atoms with Crippen LogP contribution >= 0.6 is 23.2 Å². The number of ether oxygens (including phenoxy) is 1. The van der Waals surface area contributed by atoms with Crippen molar-refractivity contribution in [3.05, 3.63) is 27.7 Å². The lowest BCUT2D eigenvalue weighted by molar-refractivity contribution is -0.123. The second kappa shape index (κ2) is 5.75. The van der Waals surface area contributed by atoms with Crippen LogP contribution in [0.2, 0.25) is 10.0 Å². The summed E-state index contributed by atoms with van der Waals surface area (Å²) >= 11 is 11.5. The summed E-state index contributed by atoms with van der Waals surface area (Å²) in [5.74, 6) is -1.11. The Hall–Kier alpha value is -1.46. The van der Waals surface area contributed by atoms with E-state index in [1.807, 2.05) is 0 Å². The number of benzene rings is 1. The van der Waals surface area contributed by atoms with E-state index in [1.54, 1.807) is 0 Å². The first-order chi connectivity index (χ1) is 7.95. The molecule has 3 N–H and O–H groups in total. The number of carbonyl (C=O) groups excluding carboxylic acids is 2. The van der Waals surface area contributed by atoms with Gasteiger partial charge in [0.25, 0.3) is 5.91 Å². The molecule has 0 bridgehead atoms. The number of carbonyl (C=O) groups is 2. The molecule has 0 aliphatic heterocycles. The molecule has 0 aliphatic carbocycles. The summed E-state index contributed by atoms with van der Waals surface area (Å²) in [6.07, 6.45) is 0. The minimum atomic E-state index is -0.695. The largest absolute Gasteiger partial charge is 0.452 e. The second-order valence-electron chi connectivity index (χ2n) is 3.11. The number of nitrogens with two attached hydrogens (primary N) is 1. The van der Waals surface area contributed by atoms with Crippen molar-refractivity contribution in [1.29, 1.82) is 0 Å². The average Bonchev–Trinajstić information content (AvgIpc) is 2.31. The van der Waals surface area contributed by atoms with Crippen LogP contribution in [0.4, 0.5) is 5.69 Å². The van der Waals surface area contributed by atoms with Gasteiger partial charge in [0.1, 0.15) is 0 Å². The predicted octanol–water partition coefficient (Wildman–Crippen LogP) is 1.48. The van der Waals surface area contributed by atoms with Gasteiger partial charge in [-0.3, -0.25) is 4.79 Å². The smallest absolute Gasteiger partial charge is 0.338 e. The molecule has 0 aliphatic rings. The lowest BCUT2D eigenvalue weighted by Gasteiger charge is -2.06. The molecule has 92 valence electrons. The average molecular weight is 277 g/mol. The molecule has 1 aromatic rings. The molecule has 17 heavy (non-hydrogen) atoms. The van der Waals surface area contributed by atoms with Crippen molar-refractivity contribution in [2.75, 3.05) is 19.4 Å². The number of nitrogens with one attached hydrogen (secondary N) is 1. The Morgan fingerprint density at radius 2 is 2.06 bits per heavy atom. The molecule has 0 unspecified atom stereocenters. The number of hydrogen-bond donors (Lipinski definition) is 2. The number of halogens is 2. The fourth-order valence-electron chi connectivity index (χ4n) is 1.01. The summed E-state index contributed by atoms with van der Waals surface area (Å²) in [6.45, 7) is -0.366. The molecule has 1 rings (SSSR count). The number of nitrogen functional groups attached to an aromatic ring is 1. The van der Waals surface area contributed by atoms with Gasteiger partial charge in [0.05, 0.1) is 21.3 Å². The molecule has 0 spiro atoms. The lowest BCUT2D eigenvalue weighted by atomic mass is 10.2. The topological polar surface area (TPSA) is 81.4 Å². The third-order valence-electron chi connectivity index (χ3n) is 1.91. The van der Waals surface area contributed by atoms with E-state index in [2.05, 4.69) is 5.32 Å². The molecule has 0 atom stereocenters. The van der Waals surface area contributed by atoms with Gasteiger partial charge in [0, 0.05) is 7.05 Å². The molecule has 0 saturated heterocycles. The van der Waals surface area contributed by atoms with E-state index in [4.69, 9.17) is 33.7 Å². The van der Waals surface area contributed by atoms with Crippen LogP contribution in [0.15, 0.2) is 12.1 Å². The molecule has 0 saturated carbocycles. The summed E-state index contributed by atoms with van der Waals surface area (Å²) in [4.78, 5) is 22.4. The highest BCUT2D eigenvalue weighted by Crippen LogP contribution is 2.29. The highest BCUT2D eigenvalue weighted by Gasteiger charge is 2.13. The van der Waals surface area contributed by atoms with Crippen LogP contribution in [0, 0.1) is 0 Å². The summed E-state index contributed by atoms with van der Waals surface area (Å²) in [5.41, 5.74) is 5.85. The molecule has 0 fully saturated rings. The molecule has 0 aromatic heterocycles. The van der Waals surface area contributed by atoms with Crippen molar-refractivity contribution >= 4 is 40.8 Å². The molecule has 1 aromatic carbocycles. The van der Waals surface area contributed by atoms with Crippen molar-refractivity contribution in [2.24, 2.45) is 0 Å². The SMILES string of the molecule is CNC(=O)COC(=O)c1cc(N)c(Cl)c(Cl)c1. The number of esters is 1. The number of amides is 1. The Bertz CT molecular complexity index is 440. The minimum absolute atomic E-state index is 0.140. The van der Waals surface area contributed by atoms with Gasteiger partial charge in [-0.05, 0) is 12.1 Å². The van der Waals surface area contributed by atoms with Gasteiger partial charge in [-0.2, -0.15) is 0 Å². The van der Waals surface area contributed by atoms with E-state index >= 15 is 0 Å². The van der Waals surface area contributed by atoms with E-state index in [1.165, 1.54) is 19.2 Å². The molecule has 1 amide bonds. The van der Waals surface area contributed by atoms with E-state index in [0.717, 1.165) is 0 Å². The fraction of sp³-hybridized carbons (Fsp3) is 0.200. The van der Waals surface area contributed by atoms with Gasteiger partial charge >= 0.3 is 5.97 Å². The highest BCUT2D eigenvalue weighted by molar-refractivity contribution is 6.43. The summed E-state index contributed by atoms with van der Waals surface area (Å²) in [5, 5.41) is 2.64. The van der Waals surface area contributed by atoms with Gasteiger partial charge in [-0.15, -0.1) is 0 Å². The molecular formula is C10H10Cl2N2O3. The van der Waals surface area contributed by atoms with Crippen LogP contribution in [0.1, 0.15) is 10.4 Å². The van der Waals surface area contributed by atoms with E-state index < -0.39 is 11.9 Å². The minimum Gasteiger partial charge on any atom is -0.452 e. The van der Waals surface area contributed by atoms with Crippen LogP contribution in [-0.4, -0.2) is 25.5 Å². The normalized spacial score (nSPS) is 9.82. The first-order valence-corrected chi connectivity index (χ1v) is 5.33. The van der Waals surface area contributed by atoms with E-state index in [9.17, 15) is 9.59 Å². The zero-order valence-electron chi connectivity index (χ0n) is 8.92. The van der Waals surface area contributed by atoms with Crippen LogP contribution in [0.25, 0.3) is 0 Å². The maximum atomic E-state index is 11.5. The van der Waals surface area contributed by atoms with Crippen LogP contribution in [0.5, 0.6) is 0 Å². The maximum Gasteiger partial charge on any atom is 0.338 e. The number of rotatable bonds is 3. The third kappa shape index (κ3) is 3.51. The Balaban J connectivity index is 2.80. The quantitative estimate of drug-likeness (QED) is 0.647. The van der Waals surface area contributed by atoms with Crippen molar-refractivity contribution in [3.63, 3.8) is 0 Å². The van der Waals surface area contributed by atoms with Crippen LogP contribution in [-0.2, 0) is 9.53 Å². The van der Waals surface area contributed by atoms with Gasteiger partial charge in [0.15, 0.2) is 6.61 Å². The molecule has 0 heterocycles. The van der Waals surface area contributed by atoms with E-state index in [0.29, 0.717) is 0 Å². The third-order valence-corrected chi connectivity index (χ3v) is 2.72. The van der Waals surface area contributed by atoms with Crippen molar-refractivity contribution in [1.82, 2.24) is 5.32 Å². The standard InChI is InChI=1S/C10H10Cl2N2O3/c1-14-8(15)4-17-10(16)5-2-6(11)9(12)7(13)3-5/h2-3H,4,13H2,1H3,(H,14,15). The summed E-state index contributed by atoms with van der Waals surface area (Å²) < 4.78 is 4.72. The molecule has 7 heteroatoms. The second-order valence-corrected chi connectivity index (χ2v) is 3.90. The fourth-order valence-corrected chi connectivity index (χ4v) is 1.35. The number of anilines is 1. The Morgan fingerprint density at radius 3 is 2.59 bits per heavy atom. The molecular weight excluding hydrogens is 267 g/mol. The van der Waals surface area contributed by atoms with Crippen molar-refractivity contribution in [3.8, 4) is 0 Å². The van der Waals surface area contributed by atoms with Gasteiger partial charge in [-0.1, -0.05) is 23.2 Å². The van der Waals surface area contributed by atoms with Gasteiger partial charge < -0.3 is 15.8 Å². The monoisotopic (exact) mass is 276 g/mol. The molecule has 5 nitrogen and oxygen atoms in total. The van der Waals surface area contributed by atoms with Gasteiger partial charge in [0.2, 0.25) is 0 Å². The number of likely N-dealkylation sites (N-methyl/N-ethyl adjacent to an activating group) is 1. The van der Waals surface area contributed by atoms with Crippen LogP contribution < -0.4 is 11.1 Å². The zero-order valence-corrected chi connectivity index (χ0v) is 10.4. The van der Waals surface area contributed by atoms with Crippen molar-refractivity contribution in [2.45, 2.75) is 0 Å². The predicted molar refractivity (Wildman–Crippen MR) is 65.2 cm³/mol. The number of hydrogen-bond acceptors (Lipinski definition) is 4. The maximum absolute atomic E-state index is 11.5. The first-order valence-electron chi connectivity index (χ1n) is 4.58. The Labute approximate surface area is 108 Å². The Kier molecular flexibility index (Phi) is 4.60. The highest BCUT2D eigenvalue weighted by atomic mass is 35.5. The van der Waals surface area contributed by atoms with Gasteiger partial charge in [-0.25, -0.2) is 4.79 Å². The zero-order chi connectivity index (χ0) is 13.0. The van der Waals surface area contributed by atoms with Crippen LogP contribution in [0.3, 0.4) is 0 Å². The summed E-state index contributed by atoms with van der Waals surface area (Å²) in [7, 11) is 1.44. The Morgan fingerprint density at radius 1 is 1.41 bits per heavy atom. The first kappa shape index (κ1) is 13.6. The molecule has 0 radical (unpaired) electrons. The van der Waals surface area contributed by atoms with Crippen molar-refractivity contribution < 1.29 is 14.3 Å². The summed E-state index contributed by atoms with van der Waals surface area (Å²) in [6, 6.07) is 2.66. The van der Waals surface area contributed by atoms with E-state index in [-0.39, 0.29) is 27.9 Å².